The van der Waals surface area contributed by atoms with Crippen LogP contribution in [-0.4, -0.2) is 25.1 Å². The smallest absolute Gasteiger partial charge is 0.357 e. The van der Waals surface area contributed by atoms with E-state index in [1.54, 1.807) is 7.05 Å². The van der Waals surface area contributed by atoms with Crippen LogP contribution in [0.4, 0.5) is 5.13 Å². The zero-order valence-corrected chi connectivity index (χ0v) is 11.2. The third kappa shape index (κ3) is 3.20. The lowest BCUT2D eigenvalue weighted by molar-refractivity contribution is 0.0593. The van der Waals surface area contributed by atoms with Gasteiger partial charge in [0.05, 0.1) is 7.11 Å². The van der Waals surface area contributed by atoms with Gasteiger partial charge in [0, 0.05) is 11.9 Å². The summed E-state index contributed by atoms with van der Waals surface area (Å²) in [7, 11) is 3.17. The molecule has 0 aliphatic rings. The number of nitrogens with one attached hydrogen (secondary N) is 1. The minimum atomic E-state index is -0.364. The molecule has 0 aliphatic carbocycles. The molecular weight excluding hydrogens is 224 g/mol. The number of anilines is 1. The molecule has 1 aromatic heterocycles. The first-order valence-electron chi connectivity index (χ1n) is 5.13. The Morgan fingerprint density at radius 2 is 2.12 bits per heavy atom. The quantitative estimate of drug-likeness (QED) is 0.828. The summed E-state index contributed by atoms with van der Waals surface area (Å²) in [6.07, 6.45) is 0.816. The molecule has 0 saturated heterocycles. The molecule has 0 fully saturated rings. The summed E-state index contributed by atoms with van der Waals surface area (Å²) in [6, 6.07) is 0. The normalized spacial score (nSPS) is 11.3. The van der Waals surface area contributed by atoms with Crippen LogP contribution in [0.1, 0.15) is 36.1 Å². The zero-order valence-electron chi connectivity index (χ0n) is 10.4. The van der Waals surface area contributed by atoms with E-state index in [9.17, 15) is 4.79 Å². The van der Waals surface area contributed by atoms with E-state index in [2.05, 4.69) is 31.1 Å². The van der Waals surface area contributed by atoms with Crippen LogP contribution >= 0.6 is 11.3 Å². The topological polar surface area (TPSA) is 51.2 Å². The van der Waals surface area contributed by atoms with Crippen LogP contribution < -0.4 is 5.32 Å². The van der Waals surface area contributed by atoms with Crippen molar-refractivity contribution in [1.82, 2.24) is 4.98 Å². The highest BCUT2D eigenvalue weighted by Gasteiger charge is 2.22. The zero-order chi connectivity index (χ0) is 12.3. The van der Waals surface area contributed by atoms with Crippen LogP contribution in [0, 0.1) is 5.41 Å². The maximum absolute atomic E-state index is 11.5. The standard InChI is InChI=1S/C11H18N2O2S/c1-11(2,3)6-7-8(9(14)15-5)13-10(12-4)16-7/h6H2,1-5H3,(H,12,13). The molecule has 0 atom stereocenters. The molecule has 0 aromatic carbocycles. The van der Waals surface area contributed by atoms with Gasteiger partial charge in [-0.1, -0.05) is 20.8 Å². The second-order valence-corrected chi connectivity index (χ2v) is 5.85. The average molecular weight is 242 g/mol. The molecule has 16 heavy (non-hydrogen) atoms. The van der Waals surface area contributed by atoms with Gasteiger partial charge < -0.3 is 10.1 Å². The molecule has 4 nitrogen and oxygen atoms in total. The molecule has 1 heterocycles. The minimum Gasteiger partial charge on any atom is -0.464 e. The average Bonchev–Trinajstić information content (AvgIpc) is 2.57. The van der Waals surface area contributed by atoms with Crippen molar-refractivity contribution in [3.63, 3.8) is 0 Å². The van der Waals surface area contributed by atoms with Crippen molar-refractivity contribution < 1.29 is 9.53 Å². The van der Waals surface area contributed by atoms with E-state index in [-0.39, 0.29) is 11.4 Å². The van der Waals surface area contributed by atoms with Crippen LogP contribution in [0.5, 0.6) is 0 Å². The molecule has 0 spiro atoms. The summed E-state index contributed by atoms with van der Waals surface area (Å²) in [6.45, 7) is 6.40. The highest BCUT2D eigenvalue weighted by Crippen LogP contribution is 2.30. The Bertz CT molecular complexity index is 380. The highest BCUT2D eigenvalue weighted by molar-refractivity contribution is 7.15. The Labute approximate surface area is 100 Å². The third-order valence-electron chi connectivity index (χ3n) is 1.98. The minimum absolute atomic E-state index is 0.125. The molecule has 5 heteroatoms. The lowest BCUT2D eigenvalue weighted by Crippen LogP contribution is -2.12. The summed E-state index contributed by atoms with van der Waals surface area (Å²) in [4.78, 5) is 16.7. The number of nitrogens with zero attached hydrogens (tertiary/aromatic N) is 1. The van der Waals surface area contributed by atoms with Gasteiger partial charge >= 0.3 is 5.97 Å². The van der Waals surface area contributed by atoms with Crippen molar-refractivity contribution in [2.45, 2.75) is 27.2 Å². The fourth-order valence-corrected chi connectivity index (χ4v) is 2.52. The molecular formula is C11H18N2O2S. The summed E-state index contributed by atoms with van der Waals surface area (Å²) >= 11 is 1.51. The molecule has 0 saturated carbocycles. The van der Waals surface area contributed by atoms with Crippen LogP contribution in [0.3, 0.4) is 0 Å². The van der Waals surface area contributed by atoms with Crippen LogP contribution in [-0.2, 0) is 11.2 Å². The Morgan fingerprint density at radius 1 is 1.50 bits per heavy atom. The van der Waals surface area contributed by atoms with E-state index in [4.69, 9.17) is 4.74 Å². The van der Waals surface area contributed by atoms with E-state index in [1.807, 2.05) is 0 Å². The Kier molecular flexibility index (Phi) is 3.91. The first-order valence-corrected chi connectivity index (χ1v) is 5.95. The van der Waals surface area contributed by atoms with Crippen molar-refractivity contribution >= 4 is 22.4 Å². The van der Waals surface area contributed by atoms with Gasteiger partial charge in [-0.15, -0.1) is 11.3 Å². The second kappa shape index (κ2) is 4.82. The number of carbonyl (C=O) groups excluding carboxylic acids is 1. The SMILES string of the molecule is CNc1nc(C(=O)OC)c(CC(C)(C)C)s1. The molecule has 0 radical (unpaired) electrons. The van der Waals surface area contributed by atoms with Gasteiger partial charge in [0.25, 0.3) is 0 Å². The van der Waals surface area contributed by atoms with Crippen molar-refractivity contribution in [2.75, 3.05) is 19.5 Å². The number of hydrogen-bond acceptors (Lipinski definition) is 5. The highest BCUT2D eigenvalue weighted by atomic mass is 32.1. The lowest BCUT2D eigenvalue weighted by Gasteiger charge is -2.16. The summed E-state index contributed by atoms with van der Waals surface area (Å²) in [5.41, 5.74) is 0.562. The third-order valence-corrected chi connectivity index (χ3v) is 3.05. The molecule has 1 aromatic rings. The number of ether oxygens (including phenoxy) is 1. The monoisotopic (exact) mass is 242 g/mol. The second-order valence-electron chi connectivity index (χ2n) is 4.77. The number of hydrogen-bond donors (Lipinski definition) is 1. The van der Waals surface area contributed by atoms with E-state index in [0.717, 1.165) is 16.4 Å². The number of rotatable bonds is 3. The van der Waals surface area contributed by atoms with Crippen molar-refractivity contribution in [3.8, 4) is 0 Å². The van der Waals surface area contributed by atoms with Crippen molar-refractivity contribution in [1.29, 1.82) is 0 Å². The molecule has 1 rings (SSSR count). The first-order chi connectivity index (χ1) is 7.37. The number of carbonyl (C=O) groups is 1. The van der Waals surface area contributed by atoms with Gasteiger partial charge in [0.2, 0.25) is 0 Å². The number of aromatic nitrogens is 1. The predicted octanol–water partition coefficient (Wildman–Crippen LogP) is 2.56. The summed E-state index contributed by atoms with van der Waals surface area (Å²) < 4.78 is 4.73. The Morgan fingerprint density at radius 3 is 2.56 bits per heavy atom. The molecule has 90 valence electrons. The fourth-order valence-electron chi connectivity index (χ4n) is 1.32. The van der Waals surface area contributed by atoms with Crippen molar-refractivity contribution in [2.24, 2.45) is 5.41 Å². The number of methoxy groups -OCH3 is 1. The molecule has 0 bridgehead atoms. The summed E-state index contributed by atoms with van der Waals surface area (Å²) in [5, 5.41) is 3.70. The van der Waals surface area contributed by atoms with Gasteiger partial charge in [0.15, 0.2) is 10.8 Å². The van der Waals surface area contributed by atoms with Crippen LogP contribution in [0.25, 0.3) is 0 Å². The largest absolute Gasteiger partial charge is 0.464 e. The van der Waals surface area contributed by atoms with Crippen LogP contribution in [0.15, 0.2) is 0 Å². The summed E-state index contributed by atoms with van der Waals surface area (Å²) in [5.74, 6) is -0.364. The van der Waals surface area contributed by atoms with Crippen LogP contribution in [0.2, 0.25) is 0 Å². The maximum Gasteiger partial charge on any atom is 0.357 e. The maximum atomic E-state index is 11.5. The molecule has 0 amide bonds. The lowest BCUT2D eigenvalue weighted by atomic mass is 9.91. The van der Waals surface area contributed by atoms with Gasteiger partial charge in [-0.05, 0) is 11.8 Å². The molecule has 0 unspecified atom stereocenters. The Balaban J connectivity index is 3.05. The Hall–Kier alpha value is -1.10. The van der Waals surface area contributed by atoms with E-state index in [1.165, 1.54) is 18.4 Å². The number of esters is 1. The van der Waals surface area contributed by atoms with E-state index < -0.39 is 0 Å². The van der Waals surface area contributed by atoms with Gasteiger partial charge in [-0.25, -0.2) is 9.78 Å². The number of thiazole rings is 1. The van der Waals surface area contributed by atoms with E-state index in [0.29, 0.717) is 5.69 Å². The fraction of sp³-hybridized carbons (Fsp3) is 0.636. The van der Waals surface area contributed by atoms with Gasteiger partial charge in [-0.2, -0.15) is 0 Å². The predicted molar refractivity (Wildman–Crippen MR) is 66.2 cm³/mol. The molecule has 1 N–H and O–H groups in total. The first kappa shape index (κ1) is 13.0. The van der Waals surface area contributed by atoms with E-state index >= 15 is 0 Å². The van der Waals surface area contributed by atoms with Gasteiger partial charge in [0.1, 0.15) is 0 Å². The van der Waals surface area contributed by atoms with Crippen molar-refractivity contribution in [3.05, 3.63) is 10.6 Å². The molecule has 0 aliphatic heterocycles. The van der Waals surface area contributed by atoms with Gasteiger partial charge in [-0.3, -0.25) is 0 Å².